The lowest BCUT2D eigenvalue weighted by Crippen LogP contribution is -2.67. The molecule has 2 unspecified atom stereocenters. The molecule has 14 heteroatoms. The summed E-state index contributed by atoms with van der Waals surface area (Å²) < 4.78 is 21.8. The fourth-order valence-corrected chi connectivity index (χ4v) is 3.81. The zero-order chi connectivity index (χ0) is 28.1. The zero-order valence-corrected chi connectivity index (χ0v) is 22.7. The van der Waals surface area contributed by atoms with Gasteiger partial charge < -0.3 is 40.2 Å². The van der Waals surface area contributed by atoms with Crippen LogP contribution in [0.3, 0.4) is 0 Å². The molecule has 2 heterocycles. The second-order valence-corrected chi connectivity index (χ2v) is 11.2. The number of nitrogens with two attached hydrogens (primary N) is 2. The first-order chi connectivity index (χ1) is 17.0. The van der Waals surface area contributed by atoms with Crippen LogP contribution in [0.2, 0.25) is 0 Å². The molecule has 37 heavy (non-hydrogen) atoms. The van der Waals surface area contributed by atoms with Crippen molar-refractivity contribution < 1.29 is 38.1 Å². The molecule has 2 atom stereocenters. The largest absolute Gasteiger partial charge is 0.444 e. The molecule has 2 fully saturated rings. The Labute approximate surface area is 217 Å². The van der Waals surface area contributed by atoms with Gasteiger partial charge in [-0.2, -0.15) is 0 Å². The summed E-state index contributed by atoms with van der Waals surface area (Å²) in [7, 11) is 0. The molecule has 0 aliphatic carbocycles. The van der Waals surface area contributed by atoms with Crippen molar-refractivity contribution in [3.63, 3.8) is 0 Å². The Balaban J connectivity index is 1.98. The minimum atomic E-state index is -1.39. The van der Waals surface area contributed by atoms with Gasteiger partial charge in [0, 0.05) is 39.3 Å². The Morgan fingerprint density at radius 3 is 1.38 bits per heavy atom. The highest BCUT2D eigenvalue weighted by atomic mass is 16.6. The standard InChI is InChI=1S/C23H42N6O8/c1-20(2,3)36-18(32)28-9-7-26-22(12-24,14-28)34-16(30)11-17(31)35-23(13-25)15-29(10-8-27-23)19(33)37-21(4,5)6/h26-27H,7-15,24-25H2,1-6H3. The lowest BCUT2D eigenvalue weighted by atomic mass is 10.1. The van der Waals surface area contributed by atoms with Crippen molar-refractivity contribution in [1.82, 2.24) is 20.4 Å². The van der Waals surface area contributed by atoms with E-state index in [1.54, 1.807) is 41.5 Å². The molecule has 6 N–H and O–H groups in total. The topological polar surface area (TPSA) is 188 Å². The van der Waals surface area contributed by atoms with Gasteiger partial charge in [-0.1, -0.05) is 0 Å². The average molecular weight is 531 g/mol. The number of carbonyl (C=O) groups excluding carboxylic acids is 4. The van der Waals surface area contributed by atoms with Gasteiger partial charge in [0.25, 0.3) is 0 Å². The van der Waals surface area contributed by atoms with Gasteiger partial charge in [-0.05, 0) is 41.5 Å². The van der Waals surface area contributed by atoms with E-state index < -0.39 is 53.2 Å². The lowest BCUT2D eigenvalue weighted by molar-refractivity contribution is -0.179. The summed E-state index contributed by atoms with van der Waals surface area (Å²) in [6.45, 7) is 11.3. The van der Waals surface area contributed by atoms with Crippen LogP contribution in [0.5, 0.6) is 0 Å². The number of carbonyl (C=O) groups is 4. The monoisotopic (exact) mass is 530 g/mol. The molecule has 0 aromatic carbocycles. The molecule has 0 spiro atoms. The van der Waals surface area contributed by atoms with Crippen LogP contribution in [-0.2, 0) is 28.5 Å². The smallest absolute Gasteiger partial charge is 0.410 e. The molecular formula is C23H42N6O8. The predicted molar refractivity (Wildman–Crippen MR) is 132 cm³/mol. The predicted octanol–water partition coefficient (Wildman–Crippen LogP) is -0.546. The van der Waals surface area contributed by atoms with Gasteiger partial charge in [0.1, 0.15) is 17.6 Å². The average Bonchev–Trinajstić information content (AvgIpc) is 2.76. The first-order valence-corrected chi connectivity index (χ1v) is 12.3. The molecule has 14 nitrogen and oxygen atoms in total. The van der Waals surface area contributed by atoms with Crippen molar-refractivity contribution in [2.24, 2.45) is 11.5 Å². The summed E-state index contributed by atoms with van der Waals surface area (Å²) >= 11 is 0. The molecule has 2 aliphatic rings. The maximum Gasteiger partial charge on any atom is 0.410 e. The third-order valence-corrected chi connectivity index (χ3v) is 5.42. The molecular weight excluding hydrogens is 488 g/mol. The number of hydrogen-bond donors (Lipinski definition) is 4. The molecule has 0 radical (unpaired) electrons. The molecule has 0 saturated carbocycles. The van der Waals surface area contributed by atoms with Gasteiger partial charge >= 0.3 is 24.1 Å². The van der Waals surface area contributed by atoms with E-state index in [-0.39, 0.29) is 26.2 Å². The normalized spacial score (nSPS) is 24.8. The number of esters is 2. The summed E-state index contributed by atoms with van der Waals surface area (Å²) in [5, 5.41) is 6.02. The number of nitrogens with one attached hydrogen (secondary N) is 2. The third-order valence-electron chi connectivity index (χ3n) is 5.42. The van der Waals surface area contributed by atoms with E-state index in [0.29, 0.717) is 26.2 Å². The fraction of sp³-hybridized carbons (Fsp3) is 0.826. The highest BCUT2D eigenvalue weighted by molar-refractivity contribution is 5.91. The van der Waals surface area contributed by atoms with Crippen molar-refractivity contribution in [2.45, 2.75) is 70.6 Å². The Morgan fingerprint density at radius 1 is 0.730 bits per heavy atom. The highest BCUT2D eigenvalue weighted by Crippen LogP contribution is 2.20. The van der Waals surface area contributed by atoms with E-state index in [1.807, 2.05) is 0 Å². The Hall–Kier alpha value is -2.68. The van der Waals surface area contributed by atoms with Crippen LogP contribution in [-0.4, -0.2) is 109 Å². The fourth-order valence-electron chi connectivity index (χ4n) is 3.81. The van der Waals surface area contributed by atoms with Crippen LogP contribution in [0.25, 0.3) is 0 Å². The molecule has 0 bridgehead atoms. The second kappa shape index (κ2) is 11.8. The molecule has 0 aromatic rings. The molecule has 2 amide bonds. The van der Waals surface area contributed by atoms with Crippen LogP contribution < -0.4 is 22.1 Å². The van der Waals surface area contributed by atoms with Crippen molar-refractivity contribution in [3.05, 3.63) is 0 Å². The zero-order valence-electron chi connectivity index (χ0n) is 22.7. The maximum absolute atomic E-state index is 12.7. The number of amides is 2. The molecule has 2 rings (SSSR count). The van der Waals surface area contributed by atoms with E-state index in [4.69, 9.17) is 30.4 Å². The summed E-state index contributed by atoms with van der Waals surface area (Å²) in [5.41, 5.74) is 7.57. The van der Waals surface area contributed by atoms with Crippen LogP contribution >= 0.6 is 0 Å². The Bertz CT molecular complexity index is 789. The Morgan fingerprint density at radius 2 is 1.08 bits per heavy atom. The quantitative estimate of drug-likeness (QED) is 0.195. The van der Waals surface area contributed by atoms with Gasteiger partial charge in [-0.3, -0.25) is 20.2 Å². The summed E-state index contributed by atoms with van der Waals surface area (Å²) in [6.07, 6.45) is -1.86. The first-order valence-electron chi connectivity index (χ1n) is 12.3. The molecule has 212 valence electrons. The number of ether oxygens (including phenoxy) is 4. The third kappa shape index (κ3) is 9.29. The van der Waals surface area contributed by atoms with Crippen LogP contribution in [0, 0.1) is 0 Å². The van der Waals surface area contributed by atoms with Gasteiger partial charge in [0.2, 0.25) is 0 Å². The van der Waals surface area contributed by atoms with Gasteiger partial charge in [0.05, 0.1) is 13.1 Å². The lowest BCUT2D eigenvalue weighted by Gasteiger charge is -2.43. The molecule has 2 saturated heterocycles. The van der Waals surface area contributed by atoms with Crippen molar-refractivity contribution in [2.75, 3.05) is 52.4 Å². The molecule has 0 aromatic heterocycles. The SMILES string of the molecule is CC(C)(C)OC(=O)N1CCNC(CN)(OC(=O)CC(=O)OC2(CN)CN(C(=O)OC(C)(C)C)CCN2)C1. The number of piperazine rings is 2. The molecule has 2 aliphatic heterocycles. The van der Waals surface area contributed by atoms with Gasteiger partial charge in [-0.15, -0.1) is 0 Å². The van der Waals surface area contributed by atoms with Crippen LogP contribution in [0.4, 0.5) is 9.59 Å². The number of nitrogens with zero attached hydrogens (tertiary/aromatic N) is 2. The second-order valence-electron chi connectivity index (χ2n) is 11.2. The van der Waals surface area contributed by atoms with E-state index >= 15 is 0 Å². The van der Waals surface area contributed by atoms with E-state index in [9.17, 15) is 19.2 Å². The van der Waals surface area contributed by atoms with E-state index in [1.165, 1.54) is 9.80 Å². The van der Waals surface area contributed by atoms with Crippen molar-refractivity contribution in [3.8, 4) is 0 Å². The first kappa shape index (κ1) is 30.5. The highest BCUT2D eigenvalue weighted by Gasteiger charge is 2.43. The van der Waals surface area contributed by atoms with E-state index in [2.05, 4.69) is 10.6 Å². The minimum Gasteiger partial charge on any atom is -0.444 e. The van der Waals surface area contributed by atoms with Crippen LogP contribution in [0.1, 0.15) is 48.0 Å². The summed E-state index contributed by atoms with van der Waals surface area (Å²) in [6, 6.07) is 0. The number of rotatable bonds is 6. The van der Waals surface area contributed by atoms with Crippen LogP contribution in [0.15, 0.2) is 0 Å². The van der Waals surface area contributed by atoms with Crippen molar-refractivity contribution in [1.29, 1.82) is 0 Å². The van der Waals surface area contributed by atoms with Gasteiger partial charge in [-0.25, -0.2) is 9.59 Å². The van der Waals surface area contributed by atoms with Crippen molar-refractivity contribution >= 4 is 24.1 Å². The summed E-state index contributed by atoms with van der Waals surface area (Å²) in [5.74, 6) is -1.80. The van der Waals surface area contributed by atoms with E-state index in [0.717, 1.165) is 0 Å². The van der Waals surface area contributed by atoms with Gasteiger partial charge in [0.15, 0.2) is 11.4 Å². The summed E-state index contributed by atoms with van der Waals surface area (Å²) in [4.78, 5) is 53.1. The maximum atomic E-state index is 12.7. The number of hydrogen-bond acceptors (Lipinski definition) is 12. The Kier molecular flexibility index (Phi) is 9.74. The minimum absolute atomic E-state index is 0.0572.